The van der Waals surface area contributed by atoms with Gasteiger partial charge in [-0.2, -0.15) is 0 Å². The molecule has 1 aromatic heterocycles. The average Bonchev–Trinajstić information content (AvgIpc) is 2.60. The minimum atomic E-state index is -0.440. The zero-order chi connectivity index (χ0) is 18.7. The molecule has 0 radical (unpaired) electrons. The van der Waals surface area contributed by atoms with Crippen LogP contribution in [0, 0.1) is 11.7 Å². The number of hydrogen-bond acceptors (Lipinski definition) is 4. The summed E-state index contributed by atoms with van der Waals surface area (Å²) in [5, 5.41) is 12.9. The molecule has 1 aromatic carbocycles. The summed E-state index contributed by atoms with van der Waals surface area (Å²) in [6.07, 6.45) is 2.62. The Morgan fingerprint density at radius 2 is 2.19 bits per heavy atom. The number of hydrogen-bond donors (Lipinski definition) is 2. The fourth-order valence-corrected chi connectivity index (χ4v) is 3.37. The number of carbonyl (C=O) groups is 1. The lowest BCUT2D eigenvalue weighted by Gasteiger charge is -2.38. The van der Waals surface area contributed by atoms with Crippen molar-refractivity contribution in [2.45, 2.75) is 31.4 Å². The summed E-state index contributed by atoms with van der Waals surface area (Å²) in [5.74, 6) is -0.0380. The Morgan fingerprint density at radius 1 is 1.42 bits per heavy atom. The number of ether oxygens (including phenoxy) is 1. The summed E-state index contributed by atoms with van der Waals surface area (Å²) in [6.45, 7) is 0. The van der Waals surface area contributed by atoms with Crippen LogP contribution in [0.15, 0.2) is 36.5 Å². The Kier molecular flexibility index (Phi) is 5.74. The normalized spacial score (nSPS) is 20.2. The standard InChI is InChI=1S/C19H20ClFN2O3/c1-26-18-5-3-12(10-22-18)19(13-6-15(24)7-13)23-17(25)8-11-2-4-14(21)9-16(11)20/h2-5,9-10,13,15,19,24H,6-8H2,1H3,(H,23,25)/t13?,15?,19-/m1/s1. The van der Waals surface area contributed by atoms with E-state index in [1.165, 1.54) is 25.3 Å². The molecule has 0 aliphatic heterocycles. The molecule has 1 atom stereocenters. The lowest BCUT2D eigenvalue weighted by Crippen LogP contribution is -2.42. The third-order valence-corrected chi connectivity index (χ3v) is 4.98. The van der Waals surface area contributed by atoms with Crippen LogP contribution in [0.3, 0.4) is 0 Å². The van der Waals surface area contributed by atoms with Gasteiger partial charge in [-0.1, -0.05) is 23.7 Å². The van der Waals surface area contributed by atoms with Crippen molar-refractivity contribution in [2.24, 2.45) is 5.92 Å². The van der Waals surface area contributed by atoms with E-state index in [-0.39, 0.29) is 35.4 Å². The van der Waals surface area contributed by atoms with Gasteiger partial charge in [-0.25, -0.2) is 9.37 Å². The average molecular weight is 379 g/mol. The molecule has 0 spiro atoms. The molecule has 1 aliphatic rings. The predicted molar refractivity (Wildman–Crippen MR) is 95.5 cm³/mol. The van der Waals surface area contributed by atoms with E-state index in [1.807, 2.05) is 6.07 Å². The molecule has 0 unspecified atom stereocenters. The number of pyridine rings is 1. The van der Waals surface area contributed by atoms with Gasteiger partial charge in [-0.15, -0.1) is 0 Å². The zero-order valence-corrected chi connectivity index (χ0v) is 15.0. The van der Waals surface area contributed by atoms with Gasteiger partial charge in [0.25, 0.3) is 0 Å². The summed E-state index contributed by atoms with van der Waals surface area (Å²) in [4.78, 5) is 16.7. The Balaban J connectivity index is 1.73. The number of rotatable bonds is 6. The van der Waals surface area contributed by atoms with E-state index in [4.69, 9.17) is 16.3 Å². The van der Waals surface area contributed by atoms with Crippen LogP contribution in [-0.4, -0.2) is 29.2 Å². The van der Waals surface area contributed by atoms with E-state index in [1.54, 1.807) is 12.3 Å². The molecule has 1 aliphatic carbocycles. The molecule has 0 saturated heterocycles. The summed E-state index contributed by atoms with van der Waals surface area (Å²) in [5.41, 5.74) is 1.41. The number of benzene rings is 1. The maximum absolute atomic E-state index is 13.1. The molecule has 2 aromatic rings. The summed E-state index contributed by atoms with van der Waals surface area (Å²) in [7, 11) is 1.54. The molecule has 138 valence electrons. The van der Waals surface area contributed by atoms with Crippen LogP contribution in [0.5, 0.6) is 5.88 Å². The highest BCUT2D eigenvalue weighted by molar-refractivity contribution is 6.31. The highest BCUT2D eigenvalue weighted by atomic mass is 35.5. The van der Waals surface area contributed by atoms with Crippen molar-refractivity contribution in [3.8, 4) is 5.88 Å². The number of aromatic nitrogens is 1. The fourth-order valence-electron chi connectivity index (χ4n) is 3.13. The second kappa shape index (κ2) is 8.01. The number of nitrogens with zero attached hydrogens (tertiary/aromatic N) is 1. The summed E-state index contributed by atoms with van der Waals surface area (Å²) >= 11 is 6.00. The Labute approximate surface area is 156 Å². The van der Waals surface area contributed by atoms with E-state index in [2.05, 4.69) is 10.3 Å². The van der Waals surface area contributed by atoms with Crippen LogP contribution >= 0.6 is 11.6 Å². The lowest BCUT2D eigenvalue weighted by atomic mass is 9.75. The molecule has 0 bridgehead atoms. The van der Waals surface area contributed by atoms with Crippen LogP contribution in [-0.2, 0) is 11.2 Å². The highest BCUT2D eigenvalue weighted by Crippen LogP contribution is 2.38. The SMILES string of the molecule is COc1ccc([C@@H](NC(=O)Cc2ccc(F)cc2Cl)C2CC(O)C2)cn1. The number of aliphatic hydroxyl groups is 1. The third-order valence-electron chi connectivity index (χ3n) is 4.63. The van der Waals surface area contributed by atoms with E-state index in [9.17, 15) is 14.3 Å². The molecule has 26 heavy (non-hydrogen) atoms. The minimum absolute atomic E-state index is 0.0501. The second-order valence-corrected chi connectivity index (χ2v) is 6.88. The molecule has 1 fully saturated rings. The van der Waals surface area contributed by atoms with Crippen LogP contribution in [0.2, 0.25) is 5.02 Å². The molecule has 1 amide bonds. The van der Waals surface area contributed by atoms with E-state index >= 15 is 0 Å². The quantitative estimate of drug-likeness (QED) is 0.810. The van der Waals surface area contributed by atoms with Crippen molar-refractivity contribution in [1.82, 2.24) is 10.3 Å². The first kappa shape index (κ1) is 18.6. The summed E-state index contributed by atoms with van der Waals surface area (Å²) in [6, 6.07) is 7.31. The lowest BCUT2D eigenvalue weighted by molar-refractivity contribution is -0.122. The maximum atomic E-state index is 13.1. The molecular weight excluding hydrogens is 359 g/mol. The number of carbonyl (C=O) groups excluding carboxylic acids is 1. The number of halogens is 2. The second-order valence-electron chi connectivity index (χ2n) is 6.48. The topological polar surface area (TPSA) is 71.5 Å². The summed E-state index contributed by atoms with van der Waals surface area (Å²) < 4.78 is 18.2. The van der Waals surface area contributed by atoms with Crippen molar-refractivity contribution in [1.29, 1.82) is 0 Å². The molecule has 2 N–H and O–H groups in total. The largest absolute Gasteiger partial charge is 0.481 e. The Morgan fingerprint density at radius 3 is 2.77 bits per heavy atom. The van der Waals surface area contributed by atoms with E-state index in [0.29, 0.717) is 24.3 Å². The first-order valence-corrected chi connectivity index (χ1v) is 8.75. The first-order valence-electron chi connectivity index (χ1n) is 8.37. The Bertz CT molecular complexity index is 779. The fraction of sp³-hybridized carbons (Fsp3) is 0.368. The van der Waals surface area contributed by atoms with Crippen molar-refractivity contribution < 1.29 is 19.0 Å². The van der Waals surface area contributed by atoms with Gasteiger partial charge in [0.1, 0.15) is 5.82 Å². The zero-order valence-electron chi connectivity index (χ0n) is 14.3. The Hall–Kier alpha value is -2.18. The predicted octanol–water partition coefficient (Wildman–Crippen LogP) is 3.05. The van der Waals surface area contributed by atoms with Crippen molar-refractivity contribution in [3.63, 3.8) is 0 Å². The van der Waals surface area contributed by atoms with Gasteiger partial charge in [0.05, 0.1) is 25.7 Å². The minimum Gasteiger partial charge on any atom is -0.481 e. The number of aliphatic hydroxyl groups excluding tert-OH is 1. The molecule has 7 heteroatoms. The molecular formula is C19H20ClFN2O3. The molecule has 5 nitrogen and oxygen atoms in total. The van der Waals surface area contributed by atoms with Crippen LogP contribution in [0.4, 0.5) is 4.39 Å². The van der Waals surface area contributed by atoms with Crippen LogP contribution < -0.4 is 10.1 Å². The number of methoxy groups -OCH3 is 1. The van der Waals surface area contributed by atoms with Gasteiger partial charge in [0.15, 0.2) is 0 Å². The van der Waals surface area contributed by atoms with Gasteiger partial charge in [-0.3, -0.25) is 4.79 Å². The van der Waals surface area contributed by atoms with Crippen molar-refractivity contribution in [2.75, 3.05) is 7.11 Å². The van der Waals surface area contributed by atoms with Gasteiger partial charge in [0.2, 0.25) is 11.8 Å². The van der Waals surface area contributed by atoms with Crippen molar-refractivity contribution in [3.05, 3.63) is 58.5 Å². The monoisotopic (exact) mass is 378 g/mol. The molecule has 1 saturated carbocycles. The first-order chi connectivity index (χ1) is 12.5. The molecule has 1 heterocycles. The van der Waals surface area contributed by atoms with Crippen LogP contribution in [0.1, 0.15) is 30.0 Å². The van der Waals surface area contributed by atoms with Gasteiger partial charge < -0.3 is 15.2 Å². The smallest absolute Gasteiger partial charge is 0.224 e. The molecule has 3 rings (SSSR count). The van der Waals surface area contributed by atoms with E-state index < -0.39 is 5.82 Å². The third kappa shape index (κ3) is 4.31. The van der Waals surface area contributed by atoms with Gasteiger partial charge in [-0.05, 0) is 42.0 Å². The van der Waals surface area contributed by atoms with Gasteiger partial charge >= 0.3 is 0 Å². The van der Waals surface area contributed by atoms with Crippen LogP contribution in [0.25, 0.3) is 0 Å². The van der Waals surface area contributed by atoms with Crippen molar-refractivity contribution >= 4 is 17.5 Å². The van der Waals surface area contributed by atoms with Gasteiger partial charge in [0, 0.05) is 17.3 Å². The van der Waals surface area contributed by atoms with E-state index in [0.717, 1.165) is 5.56 Å². The highest BCUT2D eigenvalue weighted by Gasteiger charge is 2.35. The number of nitrogens with one attached hydrogen (secondary N) is 1. The number of amides is 1. The maximum Gasteiger partial charge on any atom is 0.224 e.